The summed E-state index contributed by atoms with van der Waals surface area (Å²) in [4.78, 5) is 15.5. The summed E-state index contributed by atoms with van der Waals surface area (Å²) in [5.41, 5.74) is 1.44. The molecule has 0 saturated heterocycles. The summed E-state index contributed by atoms with van der Waals surface area (Å²) in [6.45, 7) is 0. The Hall–Kier alpha value is -1.46. The lowest BCUT2D eigenvalue weighted by molar-refractivity contribution is 0.103. The first-order chi connectivity index (χ1) is 9.58. The molecule has 1 N–H and O–H groups in total. The van der Waals surface area contributed by atoms with Gasteiger partial charge in [-0.3, -0.25) is 4.79 Å². The molecular weight excluding hydrogens is 389 g/mol. The van der Waals surface area contributed by atoms with Gasteiger partial charge in [0.15, 0.2) is 5.78 Å². The van der Waals surface area contributed by atoms with Crippen LogP contribution in [0.2, 0.25) is 0 Å². The van der Waals surface area contributed by atoms with Crippen molar-refractivity contribution in [1.82, 2.24) is 4.98 Å². The molecule has 0 saturated carbocycles. The topological polar surface area (TPSA) is 32.9 Å². The molecule has 0 aliphatic rings. The minimum atomic E-state index is -0.402. The number of hydrogen-bond acceptors (Lipinski definition) is 1. The second-order valence-electron chi connectivity index (χ2n) is 4.32. The Labute approximate surface area is 131 Å². The molecule has 3 aromatic rings. The lowest BCUT2D eigenvalue weighted by Gasteiger charge is -2.04. The number of hydrogen-bond donors (Lipinski definition) is 1. The van der Waals surface area contributed by atoms with Crippen molar-refractivity contribution in [3.8, 4) is 0 Å². The molecule has 0 aliphatic heterocycles. The highest BCUT2D eigenvalue weighted by Crippen LogP contribution is 2.28. The van der Waals surface area contributed by atoms with Crippen molar-refractivity contribution in [2.75, 3.05) is 0 Å². The van der Waals surface area contributed by atoms with Gasteiger partial charge in [-0.05, 0) is 46.3 Å². The number of rotatable bonds is 2. The van der Waals surface area contributed by atoms with Crippen molar-refractivity contribution in [2.24, 2.45) is 0 Å². The predicted octanol–water partition coefficient (Wildman–Crippen LogP) is 5.06. The second kappa shape index (κ2) is 5.14. The van der Waals surface area contributed by atoms with E-state index in [-0.39, 0.29) is 5.78 Å². The van der Waals surface area contributed by atoms with Crippen LogP contribution in [-0.2, 0) is 0 Å². The second-order valence-corrected chi connectivity index (χ2v) is 6.09. The van der Waals surface area contributed by atoms with E-state index in [4.69, 9.17) is 0 Å². The van der Waals surface area contributed by atoms with E-state index in [2.05, 4.69) is 36.8 Å². The summed E-state index contributed by atoms with van der Waals surface area (Å²) in [7, 11) is 0. The Bertz CT molecular complexity index is 826. The predicted molar refractivity (Wildman–Crippen MR) is 83.5 cm³/mol. The van der Waals surface area contributed by atoms with Crippen molar-refractivity contribution < 1.29 is 9.18 Å². The molecule has 0 aliphatic carbocycles. The van der Waals surface area contributed by atoms with Gasteiger partial charge in [-0.15, -0.1) is 0 Å². The molecule has 3 rings (SSSR count). The van der Waals surface area contributed by atoms with E-state index in [1.165, 1.54) is 6.07 Å². The molecule has 0 bridgehead atoms. The van der Waals surface area contributed by atoms with E-state index in [0.29, 0.717) is 26.5 Å². The number of H-pyrrole nitrogens is 1. The van der Waals surface area contributed by atoms with Gasteiger partial charge < -0.3 is 4.98 Å². The highest BCUT2D eigenvalue weighted by Gasteiger charge is 2.18. The van der Waals surface area contributed by atoms with Gasteiger partial charge in [0, 0.05) is 31.6 Å². The maximum Gasteiger partial charge on any atom is 0.196 e. The SMILES string of the molecule is O=C(c1ccc(Br)cc1Br)c1c[nH]c2cccc(F)c12. The average Bonchev–Trinajstić information content (AvgIpc) is 2.83. The highest BCUT2D eigenvalue weighted by atomic mass is 79.9. The van der Waals surface area contributed by atoms with E-state index in [1.807, 2.05) is 0 Å². The molecule has 0 spiro atoms. The molecule has 0 atom stereocenters. The first-order valence-electron chi connectivity index (χ1n) is 5.83. The fraction of sp³-hybridized carbons (Fsp3) is 0. The van der Waals surface area contributed by atoms with Crippen LogP contribution in [0.4, 0.5) is 4.39 Å². The highest BCUT2D eigenvalue weighted by molar-refractivity contribution is 9.11. The number of benzene rings is 2. The molecule has 0 radical (unpaired) electrons. The molecule has 2 nitrogen and oxygen atoms in total. The molecule has 1 heterocycles. The van der Waals surface area contributed by atoms with Gasteiger partial charge in [0.05, 0.1) is 5.56 Å². The summed E-state index contributed by atoms with van der Waals surface area (Å²) >= 11 is 6.70. The molecule has 0 unspecified atom stereocenters. The molecule has 0 amide bonds. The Morgan fingerprint density at radius 2 is 1.90 bits per heavy atom. The zero-order chi connectivity index (χ0) is 14.3. The number of nitrogens with one attached hydrogen (secondary N) is 1. The monoisotopic (exact) mass is 395 g/mol. The van der Waals surface area contributed by atoms with Crippen molar-refractivity contribution in [1.29, 1.82) is 0 Å². The summed E-state index contributed by atoms with van der Waals surface area (Å²) < 4.78 is 15.5. The third-order valence-electron chi connectivity index (χ3n) is 3.08. The third-order valence-corrected chi connectivity index (χ3v) is 4.22. The van der Waals surface area contributed by atoms with Crippen molar-refractivity contribution >= 4 is 48.5 Å². The Morgan fingerprint density at radius 1 is 1.10 bits per heavy atom. The molecule has 5 heteroatoms. The smallest absolute Gasteiger partial charge is 0.196 e. The molecular formula is C15H8Br2FNO. The van der Waals surface area contributed by atoms with E-state index in [9.17, 15) is 9.18 Å². The summed E-state index contributed by atoms with van der Waals surface area (Å²) in [5.74, 6) is -0.624. The zero-order valence-electron chi connectivity index (χ0n) is 10.1. The largest absolute Gasteiger partial charge is 0.360 e. The number of carbonyl (C=O) groups excluding carboxylic acids is 1. The maximum atomic E-state index is 13.9. The van der Waals surface area contributed by atoms with E-state index >= 15 is 0 Å². The Balaban J connectivity index is 2.18. The molecule has 100 valence electrons. The lowest BCUT2D eigenvalue weighted by atomic mass is 10.0. The fourth-order valence-corrected chi connectivity index (χ4v) is 3.37. The number of carbonyl (C=O) groups is 1. The molecule has 0 fully saturated rings. The van der Waals surface area contributed by atoms with Crippen molar-refractivity contribution in [3.05, 3.63) is 68.5 Å². The van der Waals surface area contributed by atoms with Crippen LogP contribution in [0.5, 0.6) is 0 Å². The van der Waals surface area contributed by atoms with Gasteiger partial charge in [0.2, 0.25) is 0 Å². The summed E-state index contributed by atoms with van der Waals surface area (Å²) in [6.07, 6.45) is 1.55. The van der Waals surface area contributed by atoms with Crippen LogP contribution < -0.4 is 0 Å². The number of aromatic nitrogens is 1. The van der Waals surface area contributed by atoms with Crippen LogP contribution in [0.15, 0.2) is 51.5 Å². The lowest BCUT2D eigenvalue weighted by Crippen LogP contribution is -2.02. The van der Waals surface area contributed by atoms with Gasteiger partial charge in [-0.25, -0.2) is 4.39 Å². The van der Waals surface area contributed by atoms with E-state index in [1.54, 1.807) is 36.5 Å². The minimum Gasteiger partial charge on any atom is -0.360 e. The number of ketones is 1. The number of aromatic amines is 1. The van der Waals surface area contributed by atoms with E-state index in [0.717, 1.165) is 4.47 Å². The van der Waals surface area contributed by atoms with Gasteiger partial charge in [0.1, 0.15) is 5.82 Å². The third kappa shape index (κ3) is 2.21. The van der Waals surface area contributed by atoms with E-state index < -0.39 is 5.82 Å². The minimum absolute atomic E-state index is 0.222. The van der Waals surface area contributed by atoms with Gasteiger partial charge in [-0.1, -0.05) is 22.0 Å². The van der Waals surface area contributed by atoms with Gasteiger partial charge in [-0.2, -0.15) is 0 Å². The normalized spacial score (nSPS) is 10.9. The molecule has 1 aromatic heterocycles. The van der Waals surface area contributed by atoms with Crippen molar-refractivity contribution in [3.63, 3.8) is 0 Å². The van der Waals surface area contributed by atoms with Crippen LogP contribution in [0, 0.1) is 5.82 Å². The molecule has 2 aromatic carbocycles. The summed E-state index contributed by atoms with van der Waals surface area (Å²) in [6, 6.07) is 9.98. The van der Waals surface area contributed by atoms with Crippen LogP contribution in [0.3, 0.4) is 0 Å². The first-order valence-corrected chi connectivity index (χ1v) is 7.42. The number of fused-ring (bicyclic) bond motifs is 1. The maximum absolute atomic E-state index is 13.9. The Kier molecular flexibility index (Phi) is 3.48. The molecule has 20 heavy (non-hydrogen) atoms. The Morgan fingerprint density at radius 3 is 2.65 bits per heavy atom. The first kappa shape index (κ1) is 13.5. The van der Waals surface area contributed by atoms with Crippen molar-refractivity contribution in [2.45, 2.75) is 0 Å². The quantitative estimate of drug-likeness (QED) is 0.603. The van der Waals surface area contributed by atoms with Crippen LogP contribution in [0.25, 0.3) is 10.9 Å². The standard InChI is InChI=1S/C15H8Br2FNO/c16-8-4-5-9(11(17)6-8)15(20)10-7-19-13-3-1-2-12(18)14(10)13/h1-7,19H. The van der Waals surface area contributed by atoms with Crippen LogP contribution >= 0.6 is 31.9 Å². The van der Waals surface area contributed by atoms with Gasteiger partial charge in [0.25, 0.3) is 0 Å². The van der Waals surface area contributed by atoms with Crippen LogP contribution in [-0.4, -0.2) is 10.8 Å². The van der Waals surface area contributed by atoms with Crippen LogP contribution in [0.1, 0.15) is 15.9 Å². The summed E-state index contributed by atoms with van der Waals surface area (Å²) in [5, 5.41) is 0.326. The fourth-order valence-electron chi connectivity index (χ4n) is 2.14. The average molecular weight is 397 g/mol. The zero-order valence-corrected chi connectivity index (χ0v) is 13.3. The number of halogens is 3. The van der Waals surface area contributed by atoms with Gasteiger partial charge >= 0.3 is 0 Å².